The van der Waals surface area contributed by atoms with Crippen LogP contribution in [-0.2, 0) is 0 Å². The van der Waals surface area contributed by atoms with Crippen LogP contribution in [0.3, 0.4) is 0 Å². The molecule has 3 nitrogen and oxygen atoms in total. The molecule has 0 aromatic heterocycles. The van der Waals surface area contributed by atoms with Gasteiger partial charge in [-0.25, -0.2) is 0 Å². The van der Waals surface area contributed by atoms with Crippen LogP contribution in [0.25, 0.3) is 0 Å². The van der Waals surface area contributed by atoms with Crippen molar-refractivity contribution in [2.45, 2.75) is 64.5 Å². The topological polar surface area (TPSA) is 26.7 Å². The smallest absolute Gasteiger partial charge is 0.0518 e. The first kappa shape index (κ1) is 13.3. The van der Waals surface area contributed by atoms with Crippen molar-refractivity contribution in [1.82, 2.24) is 9.96 Å². The van der Waals surface area contributed by atoms with E-state index >= 15 is 0 Å². The van der Waals surface area contributed by atoms with E-state index in [-0.39, 0.29) is 0 Å². The van der Waals surface area contributed by atoms with Crippen molar-refractivity contribution in [2.75, 3.05) is 19.6 Å². The number of hydroxylamine groups is 2. The molecule has 3 unspecified atom stereocenters. The maximum atomic E-state index is 9.81. The Labute approximate surface area is 106 Å². The minimum absolute atomic E-state index is 0.427. The summed E-state index contributed by atoms with van der Waals surface area (Å²) in [6.07, 6.45) is 7.78. The summed E-state index contributed by atoms with van der Waals surface area (Å²) in [5.41, 5.74) is 0. The van der Waals surface area contributed by atoms with E-state index in [1.54, 1.807) is 5.06 Å². The van der Waals surface area contributed by atoms with Crippen molar-refractivity contribution >= 4 is 0 Å². The molecule has 3 heteroatoms. The zero-order valence-corrected chi connectivity index (χ0v) is 11.4. The van der Waals surface area contributed by atoms with Gasteiger partial charge >= 0.3 is 0 Å². The van der Waals surface area contributed by atoms with Crippen molar-refractivity contribution in [3.05, 3.63) is 0 Å². The monoisotopic (exact) mass is 240 g/mol. The van der Waals surface area contributed by atoms with E-state index in [2.05, 4.69) is 18.7 Å². The van der Waals surface area contributed by atoms with Crippen LogP contribution in [0.2, 0.25) is 0 Å². The molecule has 2 saturated heterocycles. The first-order chi connectivity index (χ1) is 8.26. The molecule has 0 spiro atoms. The number of rotatable bonds is 6. The molecular weight excluding hydrogens is 212 g/mol. The van der Waals surface area contributed by atoms with Crippen LogP contribution in [0.5, 0.6) is 0 Å². The van der Waals surface area contributed by atoms with Crippen LogP contribution >= 0.6 is 0 Å². The lowest BCUT2D eigenvalue weighted by Gasteiger charge is -2.29. The summed E-state index contributed by atoms with van der Waals surface area (Å²) in [7, 11) is 0. The molecule has 2 heterocycles. The van der Waals surface area contributed by atoms with Crippen LogP contribution in [-0.4, -0.2) is 46.9 Å². The van der Waals surface area contributed by atoms with Gasteiger partial charge in [-0.15, -0.1) is 0 Å². The molecule has 0 aliphatic carbocycles. The van der Waals surface area contributed by atoms with E-state index < -0.39 is 0 Å². The molecule has 0 radical (unpaired) electrons. The van der Waals surface area contributed by atoms with E-state index in [1.165, 1.54) is 45.1 Å². The van der Waals surface area contributed by atoms with Gasteiger partial charge in [0.2, 0.25) is 0 Å². The summed E-state index contributed by atoms with van der Waals surface area (Å²) in [6, 6.07) is 1.19. The highest BCUT2D eigenvalue weighted by molar-refractivity contribution is 4.95. The number of hydrogen-bond donors (Lipinski definition) is 1. The van der Waals surface area contributed by atoms with E-state index in [4.69, 9.17) is 0 Å². The lowest BCUT2D eigenvalue weighted by Crippen LogP contribution is -2.37. The highest BCUT2D eigenvalue weighted by atomic mass is 16.5. The van der Waals surface area contributed by atoms with Crippen molar-refractivity contribution in [3.8, 4) is 0 Å². The third-order valence-electron chi connectivity index (χ3n) is 4.58. The first-order valence-electron chi connectivity index (χ1n) is 7.45. The Morgan fingerprint density at radius 1 is 1.18 bits per heavy atom. The second-order valence-electron chi connectivity index (χ2n) is 5.82. The second kappa shape index (κ2) is 6.17. The van der Waals surface area contributed by atoms with E-state index in [0.29, 0.717) is 6.04 Å². The zero-order valence-electron chi connectivity index (χ0n) is 11.4. The summed E-state index contributed by atoms with van der Waals surface area (Å²) in [5, 5.41) is 11.4. The van der Waals surface area contributed by atoms with Gasteiger partial charge < -0.3 is 5.21 Å². The molecule has 2 aliphatic heterocycles. The van der Waals surface area contributed by atoms with E-state index in [9.17, 15) is 5.21 Å². The molecule has 1 N–H and O–H groups in total. The van der Waals surface area contributed by atoms with Gasteiger partial charge in [0.05, 0.1) is 6.04 Å². The molecule has 100 valence electrons. The number of fused-ring (bicyclic) bond motifs is 1. The number of likely N-dealkylation sites (tertiary alicyclic amines) is 1. The van der Waals surface area contributed by atoms with Gasteiger partial charge in [0, 0.05) is 25.7 Å². The Bertz CT molecular complexity index is 234. The Hall–Kier alpha value is -0.120. The fraction of sp³-hybridized carbons (Fsp3) is 1.00. The lowest BCUT2D eigenvalue weighted by atomic mass is 10.0. The van der Waals surface area contributed by atoms with Gasteiger partial charge in [0.15, 0.2) is 0 Å². The molecular formula is C14H28N2O. The summed E-state index contributed by atoms with van der Waals surface area (Å²) in [4.78, 5) is 2.65. The van der Waals surface area contributed by atoms with Crippen LogP contribution in [0.4, 0.5) is 0 Å². The predicted octanol–water partition coefficient (Wildman–Crippen LogP) is 2.74. The second-order valence-corrected chi connectivity index (χ2v) is 5.82. The first-order valence-corrected chi connectivity index (χ1v) is 7.45. The molecule has 17 heavy (non-hydrogen) atoms. The van der Waals surface area contributed by atoms with Crippen LogP contribution in [0.1, 0.15) is 52.4 Å². The van der Waals surface area contributed by atoms with Gasteiger partial charge in [-0.2, -0.15) is 5.06 Å². The number of hydrogen-bond acceptors (Lipinski definition) is 3. The molecule has 3 atom stereocenters. The Morgan fingerprint density at radius 3 is 2.65 bits per heavy atom. The summed E-state index contributed by atoms with van der Waals surface area (Å²) < 4.78 is 0. The van der Waals surface area contributed by atoms with Crippen LogP contribution < -0.4 is 0 Å². The summed E-state index contributed by atoms with van der Waals surface area (Å²) >= 11 is 0. The van der Waals surface area contributed by atoms with Gasteiger partial charge in [-0.05, 0) is 25.2 Å². The van der Waals surface area contributed by atoms with Crippen molar-refractivity contribution in [3.63, 3.8) is 0 Å². The quantitative estimate of drug-likeness (QED) is 0.773. The number of unbranched alkanes of at least 4 members (excludes halogenated alkanes) is 1. The largest absolute Gasteiger partial charge is 0.314 e. The van der Waals surface area contributed by atoms with Gasteiger partial charge in [-0.3, -0.25) is 4.90 Å². The minimum Gasteiger partial charge on any atom is -0.314 e. The highest BCUT2D eigenvalue weighted by Crippen LogP contribution is 2.32. The molecule has 0 saturated carbocycles. The third-order valence-corrected chi connectivity index (χ3v) is 4.58. The summed E-state index contributed by atoms with van der Waals surface area (Å²) in [6.45, 7) is 7.76. The van der Waals surface area contributed by atoms with Crippen molar-refractivity contribution in [1.29, 1.82) is 0 Å². The molecule has 2 aliphatic rings. The molecule has 0 aromatic rings. The minimum atomic E-state index is 0.427. The molecule has 0 bridgehead atoms. The SMILES string of the molecule is CCCCC(CCC)N1CC2CCN(O)C2C1. The third kappa shape index (κ3) is 3.01. The molecule has 2 fully saturated rings. The van der Waals surface area contributed by atoms with Gasteiger partial charge in [0.1, 0.15) is 0 Å². The Morgan fingerprint density at radius 2 is 2.00 bits per heavy atom. The van der Waals surface area contributed by atoms with Crippen molar-refractivity contribution in [2.24, 2.45) is 5.92 Å². The van der Waals surface area contributed by atoms with Crippen molar-refractivity contribution < 1.29 is 5.21 Å². The highest BCUT2D eigenvalue weighted by Gasteiger charge is 2.42. The lowest BCUT2D eigenvalue weighted by molar-refractivity contribution is -0.105. The fourth-order valence-corrected chi connectivity index (χ4v) is 3.55. The summed E-state index contributed by atoms with van der Waals surface area (Å²) in [5.74, 6) is 0.723. The van der Waals surface area contributed by atoms with Gasteiger partial charge in [0.25, 0.3) is 0 Å². The molecule has 0 amide bonds. The Balaban J connectivity index is 1.87. The predicted molar refractivity (Wildman–Crippen MR) is 70.2 cm³/mol. The van der Waals surface area contributed by atoms with E-state index in [0.717, 1.165) is 25.0 Å². The maximum Gasteiger partial charge on any atom is 0.0518 e. The number of nitrogens with zero attached hydrogens (tertiary/aromatic N) is 2. The fourth-order valence-electron chi connectivity index (χ4n) is 3.55. The molecule has 0 aromatic carbocycles. The maximum absolute atomic E-state index is 9.81. The van der Waals surface area contributed by atoms with Crippen LogP contribution in [0.15, 0.2) is 0 Å². The average molecular weight is 240 g/mol. The standard InChI is InChI=1S/C14H28N2O/c1-3-5-7-13(6-4-2)15-10-12-8-9-16(17)14(12)11-15/h12-14,17H,3-11H2,1-2H3. The zero-order chi connectivity index (χ0) is 12.3. The normalized spacial score (nSPS) is 31.9. The van der Waals surface area contributed by atoms with Crippen LogP contribution in [0, 0.1) is 5.92 Å². The average Bonchev–Trinajstić information content (AvgIpc) is 2.87. The molecule has 2 rings (SSSR count). The Kier molecular flexibility index (Phi) is 4.83. The van der Waals surface area contributed by atoms with Gasteiger partial charge in [-0.1, -0.05) is 33.1 Å². The van der Waals surface area contributed by atoms with E-state index in [1.807, 2.05) is 0 Å².